The maximum absolute atomic E-state index is 12.9. The van der Waals surface area contributed by atoms with Gasteiger partial charge in [-0.25, -0.2) is 0 Å². The maximum atomic E-state index is 12.9. The summed E-state index contributed by atoms with van der Waals surface area (Å²) in [6.07, 6.45) is 1.29. The fourth-order valence-electron chi connectivity index (χ4n) is 3.84. The van der Waals surface area contributed by atoms with Crippen LogP contribution in [0.3, 0.4) is 0 Å². The normalized spacial score (nSPS) is 14.4. The average Bonchev–Trinajstić information content (AvgIpc) is 3.33. The topological polar surface area (TPSA) is 85.1 Å². The summed E-state index contributed by atoms with van der Waals surface area (Å²) in [6.45, 7) is 1.88. The number of fused-ring (bicyclic) bond motifs is 3. The molecule has 0 unspecified atom stereocenters. The standard InChI is InChI=1S/C22H17N3O3S/c1-15-10-12-16(13-11-15)29(27,28)25-14-21(23-24-25)22(26)19-8-4-2-6-17(19)18-7-3-5-9-20(18)22/h2-14,26H,1H3. The van der Waals surface area contributed by atoms with Gasteiger partial charge >= 0.3 is 0 Å². The fourth-order valence-corrected chi connectivity index (χ4v) is 4.91. The van der Waals surface area contributed by atoms with Crippen molar-refractivity contribution in [2.24, 2.45) is 0 Å². The Morgan fingerprint density at radius 2 is 1.41 bits per heavy atom. The molecular formula is C22H17N3O3S. The minimum Gasteiger partial charge on any atom is -0.374 e. The first-order valence-corrected chi connectivity index (χ1v) is 10.5. The summed E-state index contributed by atoms with van der Waals surface area (Å²) in [4.78, 5) is 0.110. The number of rotatable bonds is 3. The Morgan fingerprint density at radius 3 is 2.00 bits per heavy atom. The first-order valence-electron chi connectivity index (χ1n) is 9.09. The van der Waals surface area contributed by atoms with Gasteiger partial charge in [-0.3, -0.25) is 0 Å². The Balaban J connectivity index is 1.67. The van der Waals surface area contributed by atoms with Gasteiger partial charge in [-0.1, -0.05) is 71.4 Å². The largest absolute Gasteiger partial charge is 0.374 e. The highest BCUT2D eigenvalue weighted by atomic mass is 32.2. The molecule has 0 radical (unpaired) electrons. The minimum absolute atomic E-state index is 0.110. The monoisotopic (exact) mass is 403 g/mol. The van der Waals surface area contributed by atoms with Crippen LogP contribution in [-0.2, 0) is 15.6 Å². The van der Waals surface area contributed by atoms with Gasteiger partial charge < -0.3 is 5.11 Å². The summed E-state index contributed by atoms with van der Waals surface area (Å²) in [7, 11) is -3.91. The molecule has 7 heteroatoms. The van der Waals surface area contributed by atoms with E-state index in [2.05, 4.69) is 10.3 Å². The lowest BCUT2D eigenvalue weighted by molar-refractivity contribution is 0.125. The predicted molar refractivity (Wildman–Crippen MR) is 108 cm³/mol. The molecule has 4 aromatic rings. The van der Waals surface area contributed by atoms with E-state index in [1.807, 2.05) is 55.5 Å². The van der Waals surface area contributed by atoms with Crippen LogP contribution in [-0.4, -0.2) is 27.9 Å². The molecule has 0 amide bonds. The molecule has 0 atom stereocenters. The number of aryl methyl sites for hydroxylation is 1. The number of aromatic nitrogens is 3. The van der Waals surface area contributed by atoms with E-state index in [0.717, 1.165) is 20.8 Å². The summed E-state index contributed by atoms with van der Waals surface area (Å²) in [5, 5.41) is 19.6. The molecule has 3 aromatic carbocycles. The number of hydrogen-bond acceptors (Lipinski definition) is 5. The Bertz CT molecular complexity index is 1300. The van der Waals surface area contributed by atoms with Crippen LogP contribution in [0, 0.1) is 6.92 Å². The molecule has 0 saturated carbocycles. The lowest BCUT2D eigenvalue weighted by atomic mass is 9.89. The van der Waals surface area contributed by atoms with Crippen molar-refractivity contribution in [3.8, 4) is 11.1 Å². The fraction of sp³-hybridized carbons (Fsp3) is 0.0909. The third-order valence-corrected chi connectivity index (χ3v) is 6.87. The Kier molecular flexibility index (Phi) is 3.74. The summed E-state index contributed by atoms with van der Waals surface area (Å²) >= 11 is 0. The molecule has 6 nitrogen and oxygen atoms in total. The van der Waals surface area contributed by atoms with Gasteiger partial charge in [0.2, 0.25) is 0 Å². The van der Waals surface area contributed by atoms with Crippen molar-refractivity contribution in [1.82, 2.24) is 14.4 Å². The number of benzene rings is 3. The second-order valence-corrected chi connectivity index (χ2v) is 8.89. The Labute approximate surface area is 168 Å². The molecule has 0 spiro atoms. The molecule has 1 N–H and O–H groups in total. The molecular weight excluding hydrogens is 386 g/mol. The highest BCUT2D eigenvalue weighted by Gasteiger charge is 2.45. The van der Waals surface area contributed by atoms with Crippen LogP contribution in [0.5, 0.6) is 0 Å². The van der Waals surface area contributed by atoms with Crippen molar-refractivity contribution >= 4 is 10.0 Å². The Hall–Kier alpha value is -3.29. The van der Waals surface area contributed by atoms with E-state index in [9.17, 15) is 13.5 Å². The summed E-state index contributed by atoms with van der Waals surface area (Å²) in [5.74, 6) is 0. The van der Waals surface area contributed by atoms with Gasteiger partial charge in [0.25, 0.3) is 10.0 Å². The third kappa shape index (κ3) is 2.48. The molecule has 0 fully saturated rings. The van der Waals surface area contributed by atoms with Gasteiger partial charge in [0, 0.05) is 11.1 Å². The van der Waals surface area contributed by atoms with Crippen LogP contribution in [0.25, 0.3) is 11.1 Å². The SMILES string of the molecule is Cc1ccc(S(=O)(=O)n2cc(C3(O)c4ccccc4-c4ccccc43)nn2)cc1. The number of nitrogens with zero attached hydrogens (tertiary/aromatic N) is 3. The van der Waals surface area contributed by atoms with E-state index < -0.39 is 15.6 Å². The lowest BCUT2D eigenvalue weighted by Gasteiger charge is -2.22. The summed E-state index contributed by atoms with van der Waals surface area (Å²) in [6, 6.07) is 21.5. The van der Waals surface area contributed by atoms with Gasteiger partial charge in [0.1, 0.15) is 5.69 Å². The van der Waals surface area contributed by atoms with E-state index in [1.165, 1.54) is 18.3 Å². The van der Waals surface area contributed by atoms with E-state index in [4.69, 9.17) is 0 Å². The van der Waals surface area contributed by atoms with E-state index in [0.29, 0.717) is 11.1 Å². The van der Waals surface area contributed by atoms with Gasteiger partial charge in [0.15, 0.2) is 5.60 Å². The maximum Gasteiger partial charge on any atom is 0.284 e. The Morgan fingerprint density at radius 1 is 0.862 bits per heavy atom. The lowest BCUT2D eigenvalue weighted by Crippen LogP contribution is -2.26. The number of hydrogen-bond donors (Lipinski definition) is 1. The highest BCUT2D eigenvalue weighted by Crippen LogP contribution is 2.50. The summed E-state index contributed by atoms with van der Waals surface area (Å²) in [5.41, 5.74) is 2.63. The zero-order chi connectivity index (χ0) is 20.2. The molecule has 0 saturated heterocycles. The van der Waals surface area contributed by atoms with Gasteiger partial charge in [-0.2, -0.15) is 8.42 Å². The predicted octanol–water partition coefficient (Wildman–Crippen LogP) is 3.09. The molecule has 5 rings (SSSR count). The molecule has 1 aliphatic carbocycles. The van der Waals surface area contributed by atoms with Crippen LogP contribution < -0.4 is 0 Å². The van der Waals surface area contributed by atoms with Crippen molar-refractivity contribution in [1.29, 1.82) is 0 Å². The second kappa shape index (κ2) is 6.10. The smallest absolute Gasteiger partial charge is 0.284 e. The average molecular weight is 403 g/mol. The van der Waals surface area contributed by atoms with E-state index in [-0.39, 0.29) is 10.6 Å². The first kappa shape index (κ1) is 17.8. The van der Waals surface area contributed by atoms with Crippen LogP contribution in [0.4, 0.5) is 0 Å². The van der Waals surface area contributed by atoms with Crippen LogP contribution in [0.1, 0.15) is 22.4 Å². The summed E-state index contributed by atoms with van der Waals surface area (Å²) < 4.78 is 26.7. The van der Waals surface area contributed by atoms with Crippen molar-refractivity contribution < 1.29 is 13.5 Å². The highest BCUT2D eigenvalue weighted by molar-refractivity contribution is 7.89. The molecule has 29 heavy (non-hydrogen) atoms. The zero-order valence-corrected chi connectivity index (χ0v) is 16.3. The van der Waals surface area contributed by atoms with Crippen molar-refractivity contribution in [3.63, 3.8) is 0 Å². The van der Waals surface area contributed by atoms with Gasteiger partial charge in [0.05, 0.1) is 11.1 Å². The van der Waals surface area contributed by atoms with Crippen LogP contribution in [0.15, 0.2) is 83.9 Å². The van der Waals surface area contributed by atoms with E-state index >= 15 is 0 Å². The first-order chi connectivity index (χ1) is 13.9. The molecule has 0 aliphatic heterocycles. The van der Waals surface area contributed by atoms with Crippen molar-refractivity contribution in [2.45, 2.75) is 17.4 Å². The van der Waals surface area contributed by atoms with Crippen molar-refractivity contribution in [3.05, 3.63) is 101 Å². The minimum atomic E-state index is -3.91. The number of aliphatic hydroxyl groups is 1. The van der Waals surface area contributed by atoms with Crippen LogP contribution >= 0.6 is 0 Å². The van der Waals surface area contributed by atoms with Crippen molar-refractivity contribution in [2.75, 3.05) is 0 Å². The molecule has 144 valence electrons. The van der Waals surface area contributed by atoms with Gasteiger partial charge in [-0.05, 0) is 30.2 Å². The molecule has 1 aliphatic rings. The second-order valence-electron chi connectivity index (χ2n) is 7.10. The third-order valence-electron chi connectivity index (χ3n) is 5.33. The quantitative estimate of drug-likeness (QED) is 0.568. The molecule has 1 heterocycles. The van der Waals surface area contributed by atoms with E-state index in [1.54, 1.807) is 12.1 Å². The molecule has 0 bridgehead atoms. The zero-order valence-electron chi connectivity index (χ0n) is 15.5. The molecule has 1 aromatic heterocycles. The van der Waals surface area contributed by atoms with Gasteiger partial charge in [-0.15, -0.1) is 9.19 Å². The van der Waals surface area contributed by atoms with Crippen LogP contribution in [0.2, 0.25) is 0 Å².